The molecule has 0 radical (unpaired) electrons. The summed E-state index contributed by atoms with van der Waals surface area (Å²) in [6.45, 7) is 3.60. The van der Waals surface area contributed by atoms with Crippen LogP contribution >= 0.6 is 0 Å². The van der Waals surface area contributed by atoms with Crippen LogP contribution in [-0.4, -0.2) is 42.7 Å². The van der Waals surface area contributed by atoms with E-state index >= 15 is 0 Å². The molecular weight excluding hydrogens is 182 g/mol. The minimum absolute atomic E-state index is 0.279. The predicted octanol–water partition coefficient (Wildman–Crippen LogP) is -0.0853. The molecule has 1 aromatic heterocycles. The lowest BCUT2D eigenvalue weighted by molar-refractivity contribution is 0.103. The molecule has 2 heterocycles. The third kappa shape index (κ3) is 2.80. The zero-order valence-corrected chi connectivity index (χ0v) is 8.03. The lowest BCUT2D eigenvalue weighted by atomic mass is 10.3. The van der Waals surface area contributed by atoms with E-state index in [4.69, 9.17) is 9.47 Å². The summed E-state index contributed by atoms with van der Waals surface area (Å²) < 4.78 is 10.7. The van der Waals surface area contributed by atoms with Gasteiger partial charge in [-0.3, -0.25) is 5.10 Å². The number of nitrogens with zero attached hydrogens (tertiary/aromatic N) is 1. The molecule has 5 heteroatoms. The van der Waals surface area contributed by atoms with Gasteiger partial charge in [-0.05, 0) is 6.07 Å². The molecule has 0 aliphatic carbocycles. The van der Waals surface area contributed by atoms with Gasteiger partial charge in [-0.15, -0.1) is 0 Å². The normalized spacial score (nSPS) is 19.4. The Balaban J connectivity index is 1.73. The second-order valence-corrected chi connectivity index (χ2v) is 3.31. The van der Waals surface area contributed by atoms with Crippen molar-refractivity contribution >= 4 is 0 Å². The zero-order chi connectivity index (χ0) is 9.64. The lowest BCUT2D eigenvalue weighted by Gasteiger charge is -2.14. The second kappa shape index (κ2) is 5.09. The first-order valence-corrected chi connectivity index (χ1v) is 4.82. The van der Waals surface area contributed by atoms with Crippen molar-refractivity contribution in [1.29, 1.82) is 0 Å². The van der Waals surface area contributed by atoms with Crippen molar-refractivity contribution in [2.45, 2.75) is 12.6 Å². The molecular formula is C9H15N3O2. The number of aromatic amines is 1. The van der Waals surface area contributed by atoms with Crippen LogP contribution in [0.2, 0.25) is 0 Å². The smallest absolute Gasteiger partial charge is 0.0701 e. The molecule has 5 nitrogen and oxygen atoms in total. The highest BCUT2D eigenvalue weighted by molar-refractivity contribution is 4.96. The summed E-state index contributed by atoms with van der Waals surface area (Å²) in [5.74, 6) is 0. The average Bonchev–Trinajstić information content (AvgIpc) is 2.58. The Bertz CT molecular complexity index is 243. The van der Waals surface area contributed by atoms with Gasteiger partial charge in [0.05, 0.1) is 32.5 Å². The molecule has 0 bridgehead atoms. The van der Waals surface area contributed by atoms with Gasteiger partial charge < -0.3 is 14.8 Å². The van der Waals surface area contributed by atoms with Crippen molar-refractivity contribution in [1.82, 2.24) is 15.5 Å². The van der Waals surface area contributed by atoms with E-state index in [0.29, 0.717) is 26.4 Å². The number of ether oxygens (including phenoxy) is 2. The van der Waals surface area contributed by atoms with Gasteiger partial charge in [-0.1, -0.05) is 0 Å². The Kier molecular flexibility index (Phi) is 3.50. The Hall–Kier alpha value is -0.910. The first-order chi connectivity index (χ1) is 6.95. The molecule has 1 aliphatic heterocycles. The van der Waals surface area contributed by atoms with Crippen molar-refractivity contribution in [3.8, 4) is 0 Å². The van der Waals surface area contributed by atoms with Crippen LogP contribution in [-0.2, 0) is 16.0 Å². The first kappa shape index (κ1) is 9.64. The third-order valence-electron chi connectivity index (χ3n) is 2.15. The van der Waals surface area contributed by atoms with Crippen molar-refractivity contribution in [3.63, 3.8) is 0 Å². The number of H-pyrrole nitrogens is 1. The fourth-order valence-corrected chi connectivity index (χ4v) is 1.37. The van der Waals surface area contributed by atoms with Crippen molar-refractivity contribution < 1.29 is 9.47 Å². The molecule has 1 saturated heterocycles. The molecule has 0 saturated carbocycles. The van der Waals surface area contributed by atoms with Crippen LogP contribution in [0.25, 0.3) is 0 Å². The third-order valence-corrected chi connectivity index (χ3v) is 2.15. The summed E-state index contributed by atoms with van der Waals surface area (Å²) >= 11 is 0. The quantitative estimate of drug-likeness (QED) is 0.711. The molecule has 2 N–H and O–H groups in total. The van der Waals surface area contributed by atoms with Crippen LogP contribution in [0.4, 0.5) is 0 Å². The van der Waals surface area contributed by atoms with Crippen LogP contribution in [0.15, 0.2) is 12.3 Å². The van der Waals surface area contributed by atoms with Crippen LogP contribution in [0.3, 0.4) is 0 Å². The minimum Gasteiger partial charge on any atom is -0.377 e. The van der Waals surface area contributed by atoms with Crippen molar-refractivity contribution in [2.24, 2.45) is 0 Å². The number of hydrogen-bond donors (Lipinski definition) is 2. The highest BCUT2D eigenvalue weighted by Crippen LogP contribution is 1.97. The molecule has 0 atom stereocenters. The lowest BCUT2D eigenvalue weighted by Crippen LogP contribution is -2.35. The molecule has 14 heavy (non-hydrogen) atoms. The van der Waals surface area contributed by atoms with Crippen LogP contribution in [0.1, 0.15) is 5.69 Å². The number of nitrogens with one attached hydrogen (secondary N) is 2. The Morgan fingerprint density at radius 2 is 2.21 bits per heavy atom. The molecule has 0 spiro atoms. The monoisotopic (exact) mass is 197 g/mol. The summed E-state index contributed by atoms with van der Waals surface area (Å²) in [4.78, 5) is 0. The number of aromatic nitrogens is 2. The molecule has 2 rings (SSSR count). The van der Waals surface area contributed by atoms with Crippen LogP contribution in [0, 0.1) is 0 Å². The number of rotatable bonds is 3. The highest BCUT2D eigenvalue weighted by Gasteiger charge is 2.11. The summed E-state index contributed by atoms with van der Waals surface area (Å²) in [5, 5.41) is 10.1. The first-order valence-electron chi connectivity index (χ1n) is 4.82. The van der Waals surface area contributed by atoms with E-state index in [-0.39, 0.29) is 6.04 Å². The van der Waals surface area contributed by atoms with Crippen molar-refractivity contribution in [2.75, 3.05) is 26.4 Å². The van der Waals surface area contributed by atoms with Gasteiger partial charge >= 0.3 is 0 Å². The van der Waals surface area contributed by atoms with E-state index in [1.165, 1.54) is 0 Å². The van der Waals surface area contributed by atoms with Crippen LogP contribution < -0.4 is 5.32 Å². The van der Waals surface area contributed by atoms with Crippen molar-refractivity contribution in [3.05, 3.63) is 18.0 Å². The molecule has 0 amide bonds. The Morgan fingerprint density at radius 3 is 2.86 bits per heavy atom. The van der Waals surface area contributed by atoms with E-state index < -0.39 is 0 Å². The largest absolute Gasteiger partial charge is 0.377 e. The molecule has 78 valence electrons. The predicted molar refractivity (Wildman–Crippen MR) is 50.9 cm³/mol. The molecule has 0 unspecified atom stereocenters. The van der Waals surface area contributed by atoms with Crippen LogP contribution in [0.5, 0.6) is 0 Å². The minimum atomic E-state index is 0.279. The highest BCUT2D eigenvalue weighted by atomic mass is 16.5. The zero-order valence-electron chi connectivity index (χ0n) is 8.03. The van der Waals surface area contributed by atoms with Gasteiger partial charge in [-0.2, -0.15) is 5.10 Å². The van der Waals surface area contributed by atoms with E-state index in [9.17, 15) is 0 Å². The SMILES string of the molecule is c1cc(CNC2COCCOC2)[nH]n1. The van der Waals surface area contributed by atoms with E-state index in [2.05, 4.69) is 15.5 Å². The van der Waals surface area contributed by atoms with Gasteiger partial charge in [0.1, 0.15) is 0 Å². The van der Waals surface area contributed by atoms with Gasteiger partial charge in [0.15, 0.2) is 0 Å². The molecule has 1 aromatic rings. The van der Waals surface area contributed by atoms with E-state index in [0.717, 1.165) is 12.2 Å². The second-order valence-electron chi connectivity index (χ2n) is 3.31. The molecule has 1 fully saturated rings. The maximum absolute atomic E-state index is 5.36. The van der Waals surface area contributed by atoms with E-state index in [1.807, 2.05) is 6.07 Å². The van der Waals surface area contributed by atoms with Gasteiger partial charge in [0.2, 0.25) is 0 Å². The fourth-order valence-electron chi connectivity index (χ4n) is 1.37. The molecule has 1 aliphatic rings. The maximum atomic E-state index is 5.36. The maximum Gasteiger partial charge on any atom is 0.0701 e. The fraction of sp³-hybridized carbons (Fsp3) is 0.667. The summed E-state index contributed by atoms with van der Waals surface area (Å²) in [6, 6.07) is 2.23. The van der Waals surface area contributed by atoms with E-state index in [1.54, 1.807) is 6.20 Å². The average molecular weight is 197 g/mol. The Labute approximate surface area is 82.8 Å². The summed E-state index contributed by atoms with van der Waals surface area (Å²) in [5.41, 5.74) is 1.08. The summed E-state index contributed by atoms with van der Waals surface area (Å²) in [7, 11) is 0. The standard InChI is InChI=1S/C9H15N3O2/c1-2-11-12-8(1)5-10-9-6-13-3-4-14-7-9/h1-2,9-10H,3-7H2,(H,11,12). The summed E-state index contributed by atoms with van der Waals surface area (Å²) in [6.07, 6.45) is 1.75. The Morgan fingerprint density at radius 1 is 1.43 bits per heavy atom. The van der Waals surface area contributed by atoms with Gasteiger partial charge in [0.25, 0.3) is 0 Å². The number of hydrogen-bond acceptors (Lipinski definition) is 4. The van der Waals surface area contributed by atoms with Gasteiger partial charge in [0, 0.05) is 18.4 Å². The molecule has 0 aromatic carbocycles. The topological polar surface area (TPSA) is 59.2 Å². The van der Waals surface area contributed by atoms with Gasteiger partial charge in [-0.25, -0.2) is 0 Å².